The number of methoxy groups -OCH3 is 1. The first-order valence-electron chi connectivity index (χ1n) is 9.06. The number of carbonyl (C=O) groups is 1. The van der Waals surface area contributed by atoms with Crippen molar-refractivity contribution in [3.8, 4) is 5.88 Å². The Labute approximate surface area is 153 Å². The fraction of sp³-hybridized carbons (Fsp3) is 0.450. The molecule has 0 radical (unpaired) electrons. The van der Waals surface area contributed by atoms with Crippen molar-refractivity contribution in [3.63, 3.8) is 0 Å². The fourth-order valence-corrected chi connectivity index (χ4v) is 4.25. The first-order chi connectivity index (χ1) is 12.7. The SMILES string of the molecule is CO[C@@]12CC[C@H](Oc3ccccn3)C[C@@H]1N(C(=O)c1cccnc1)CC2. The molecule has 136 valence electrons. The molecule has 1 aliphatic carbocycles. The number of nitrogens with zero attached hydrogens (tertiary/aromatic N) is 3. The van der Waals surface area contributed by atoms with Crippen molar-refractivity contribution in [1.82, 2.24) is 14.9 Å². The van der Waals surface area contributed by atoms with Crippen molar-refractivity contribution < 1.29 is 14.3 Å². The number of ether oxygens (including phenoxy) is 2. The first kappa shape index (κ1) is 17.0. The van der Waals surface area contributed by atoms with Gasteiger partial charge in [0.2, 0.25) is 5.88 Å². The number of pyridine rings is 2. The van der Waals surface area contributed by atoms with Crippen molar-refractivity contribution in [3.05, 3.63) is 54.5 Å². The van der Waals surface area contributed by atoms with Crippen LogP contribution in [0.25, 0.3) is 0 Å². The second-order valence-corrected chi connectivity index (χ2v) is 6.96. The molecule has 6 nitrogen and oxygen atoms in total. The van der Waals surface area contributed by atoms with Gasteiger partial charge in [0.05, 0.1) is 17.2 Å². The summed E-state index contributed by atoms with van der Waals surface area (Å²) >= 11 is 0. The van der Waals surface area contributed by atoms with Gasteiger partial charge in [0, 0.05) is 44.7 Å². The molecular formula is C20H23N3O3. The molecule has 1 aliphatic heterocycles. The molecule has 0 aromatic carbocycles. The number of likely N-dealkylation sites (tertiary alicyclic amines) is 1. The van der Waals surface area contributed by atoms with Gasteiger partial charge in [-0.25, -0.2) is 4.98 Å². The summed E-state index contributed by atoms with van der Waals surface area (Å²) in [5.74, 6) is 0.645. The molecule has 2 aromatic heterocycles. The third kappa shape index (κ3) is 3.05. The number of amides is 1. The van der Waals surface area contributed by atoms with E-state index < -0.39 is 0 Å². The molecule has 1 saturated carbocycles. The van der Waals surface area contributed by atoms with Crippen LogP contribution in [0.2, 0.25) is 0 Å². The molecule has 2 fully saturated rings. The Bertz CT molecular complexity index is 755. The van der Waals surface area contributed by atoms with E-state index in [2.05, 4.69) is 9.97 Å². The van der Waals surface area contributed by atoms with Crippen molar-refractivity contribution in [2.75, 3.05) is 13.7 Å². The highest BCUT2D eigenvalue weighted by Crippen LogP contribution is 2.43. The number of hydrogen-bond acceptors (Lipinski definition) is 5. The van der Waals surface area contributed by atoms with E-state index in [0.29, 0.717) is 18.0 Å². The minimum absolute atomic E-state index is 0.00247. The van der Waals surface area contributed by atoms with Gasteiger partial charge in [-0.15, -0.1) is 0 Å². The highest BCUT2D eigenvalue weighted by molar-refractivity contribution is 5.94. The second kappa shape index (κ2) is 7.03. The molecule has 1 saturated heterocycles. The van der Waals surface area contributed by atoms with Crippen LogP contribution in [0, 0.1) is 0 Å². The van der Waals surface area contributed by atoms with Gasteiger partial charge in [-0.3, -0.25) is 9.78 Å². The zero-order chi connectivity index (χ0) is 18.0. The normalized spacial score (nSPS) is 27.8. The van der Waals surface area contributed by atoms with E-state index in [4.69, 9.17) is 9.47 Å². The van der Waals surface area contributed by atoms with Gasteiger partial charge in [0.15, 0.2) is 0 Å². The van der Waals surface area contributed by atoms with Crippen LogP contribution in [0.5, 0.6) is 5.88 Å². The maximum atomic E-state index is 13.0. The van der Waals surface area contributed by atoms with Crippen LogP contribution < -0.4 is 4.74 Å². The predicted octanol–water partition coefficient (Wildman–Crippen LogP) is 2.71. The summed E-state index contributed by atoms with van der Waals surface area (Å²) in [6, 6.07) is 9.26. The average Bonchev–Trinajstić information content (AvgIpc) is 3.08. The lowest BCUT2D eigenvalue weighted by Crippen LogP contribution is -2.53. The third-order valence-corrected chi connectivity index (χ3v) is 5.64. The lowest BCUT2D eigenvalue weighted by Gasteiger charge is -2.43. The Hall–Kier alpha value is -2.47. The van der Waals surface area contributed by atoms with Gasteiger partial charge < -0.3 is 14.4 Å². The molecule has 0 spiro atoms. The maximum Gasteiger partial charge on any atom is 0.255 e. The largest absolute Gasteiger partial charge is 0.474 e. The van der Waals surface area contributed by atoms with E-state index >= 15 is 0 Å². The van der Waals surface area contributed by atoms with Gasteiger partial charge in [-0.2, -0.15) is 0 Å². The summed E-state index contributed by atoms with van der Waals surface area (Å²) in [6.07, 6.45) is 8.44. The molecular weight excluding hydrogens is 330 g/mol. The van der Waals surface area contributed by atoms with Crippen molar-refractivity contribution in [1.29, 1.82) is 0 Å². The number of rotatable bonds is 4. The first-order valence-corrected chi connectivity index (χ1v) is 9.06. The van der Waals surface area contributed by atoms with Crippen molar-refractivity contribution in [2.45, 2.75) is 43.4 Å². The van der Waals surface area contributed by atoms with Crippen LogP contribution in [-0.4, -0.2) is 52.2 Å². The Morgan fingerprint density at radius 1 is 1.23 bits per heavy atom. The number of fused-ring (bicyclic) bond motifs is 1. The van der Waals surface area contributed by atoms with E-state index in [9.17, 15) is 4.79 Å². The lowest BCUT2D eigenvalue weighted by atomic mass is 9.79. The van der Waals surface area contributed by atoms with Gasteiger partial charge in [-0.05, 0) is 37.5 Å². The fourth-order valence-electron chi connectivity index (χ4n) is 4.25. The van der Waals surface area contributed by atoms with E-state index in [1.165, 1.54) is 0 Å². The molecule has 0 bridgehead atoms. The Morgan fingerprint density at radius 2 is 2.15 bits per heavy atom. The highest BCUT2D eigenvalue weighted by atomic mass is 16.5. The summed E-state index contributed by atoms with van der Waals surface area (Å²) in [5, 5.41) is 0. The second-order valence-electron chi connectivity index (χ2n) is 6.96. The molecule has 2 aromatic rings. The van der Waals surface area contributed by atoms with Crippen LogP contribution in [0.3, 0.4) is 0 Å². The Balaban J connectivity index is 1.54. The Kier molecular flexibility index (Phi) is 4.59. The van der Waals surface area contributed by atoms with Gasteiger partial charge in [0.25, 0.3) is 5.91 Å². The van der Waals surface area contributed by atoms with Gasteiger partial charge >= 0.3 is 0 Å². The Morgan fingerprint density at radius 3 is 2.88 bits per heavy atom. The van der Waals surface area contributed by atoms with Gasteiger partial charge in [-0.1, -0.05) is 6.07 Å². The van der Waals surface area contributed by atoms with Crippen LogP contribution in [-0.2, 0) is 4.74 Å². The smallest absolute Gasteiger partial charge is 0.255 e. The molecule has 6 heteroatoms. The maximum absolute atomic E-state index is 13.0. The van der Waals surface area contributed by atoms with Gasteiger partial charge in [0.1, 0.15) is 6.10 Å². The summed E-state index contributed by atoms with van der Waals surface area (Å²) in [4.78, 5) is 23.3. The molecule has 2 aliphatic rings. The molecule has 3 heterocycles. The monoisotopic (exact) mass is 353 g/mol. The van der Waals surface area contributed by atoms with Crippen LogP contribution in [0.15, 0.2) is 48.9 Å². The van der Waals surface area contributed by atoms with E-state index in [-0.39, 0.29) is 23.7 Å². The molecule has 0 N–H and O–H groups in total. The van der Waals surface area contributed by atoms with E-state index in [0.717, 1.165) is 25.7 Å². The van der Waals surface area contributed by atoms with Crippen LogP contribution in [0.4, 0.5) is 0 Å². The highest BCUT2D eigenvalue weighted by Gasteiger charge is 2.53. The summed E-state index contributed by atoms with van der Waals surface area (Å²) < 4.78 is 12.0. The quantitative estimate of drug-likeness (QED) is 0.846. The topological polar surface area (TPSA) is 64.6 Å². The minimum Gasteiger partial charge on any atom is -0.474 e. The zero-order valence-electron chi connectivity index (χ0n) is 14.9. The summed E-state index contributed by atoms with van der Waals surface area (Å²) in [5.41, 5.74) is 0.342. The number of carbonyl (C=O) groups excluding carboxylic acids is 1. The lowest BCUT2D eigenvalue weighted by molar-refractivity contribution is -0.0788. The summed E-state index contributed by atoms with van der Waals surface area (Å²) in [7, 11) is 1.75. The van der Waals surface area contributed by atoms with E-state index in [1.54, 1.807) is 31.8 Å². The molecule has 26 heavy (non-hydrogen) atoms. The van der Waals surface area contributed by atoms with Crippen LogP contribution in [0.1, 0.15) is 36.0 Å². The van der Waals surface area contributed by atoms with Crippen molar-refractivity contribution >= 4 is 5.91 Å². The third-order valence-electron chi connectivity index (χ3n) is 5.64. The average molecular weight is 353 g/mol. The van der Waals surface area contributed by atoms with Crippen LogP contribution >= 0.6 is 0 Å². The predicted molar refractivity (Wildman–Crippen MR) is 95.9 cm³/mol. The van der Waals surface area contributed by atoms with Crippen molar-refractivity contribution in [2.24, 2.45) is 0 Å². The summed E-state index contributed by atoms with van der Waals surface area (Å²) in [6.45, 7) is 0.697. The number of hydrogen-bond donors (Lipinski definition) is 0. The molecule has 0 unspecified atom stereocenters. The number of aromatic nitrogens is 2. The molecule has 4 rings (SSSR count). The molecule has 3 atom stereocenters. The zero-order valence-corrected chi connectivity index (χ0v) is 14.9. The van der Waals surface area contributed by atoms with E-state index in [1.807, 2.05) is 29.2 Å². The standard InChI is InChI=1S/C20H23N3O3/c1-25-20-8-7-16(26-18-6-2-3-11-22-18)13-17(20)23(12-9-20)19(24)15-5-4-10-21-14-15/h2-6,10-11,14,16-17H,7-9,12-13H2,1H3/t16-,17-,20+/m0/s1. The molecule has 1 amide bonds. The minimum atomic E-state index is -0.276.